The van der Waals surface area contributed by atoms with Gasteiger partial charge in [-0.05, 0) is 18.8 Å². The van der Waals surface area contributed by atoms with Crippen molar-refractivity contribution < 1.29 is 58.9 Å². The molecule has 10 heteroatoms. The number of carbonyl (C=O) groups is 2. The number of hydrogen-bond acceptors (Lipinski definition) is 6. The van der Waals surface area contributed by atoms with Crippen molar-refractivity contribution in [1.29, 1.82) is 0 Å². The van der Waals surface area contributed by atoms with Crippen molar-refractivity contribution in [3.8, 4) is 0 Å². The van der Waals surface area contributed by atoms with Crippen molar-refractivity contribution in [2.24, 2.45) is 16.3 Å². The maximum Gasteiger partial charge on any atom is 1.00 e. The Labute approximate surface area is 147 Å². The van der Waals surface area contributed by atoms with Crippen LogP contribution in [0.3, 0.4) is 0 Å². The van der Waals surface area contributed by atoms with E-state index in [9.17, 15) is 14.7 Å². The largest absolute Gasteiger partial charge is 1.00 e. The molecule has 0 fully saturated rings. The van der Waals surface area contributed by atoms with Crippen LogP contribution in [0.25, 0.3) is 0 Å². The van der Waals surface area contributed by atoms with Crippen LogP contribution < -0.4 is 40.0 Å². The smallest absolute Gasteiger partial charge is 0.846 e. The van der Waals surface area contributed by atoms with Gasteiger partial charge < -0.3 is 25.1 Å². The summed E-state index contributed by atoms with van der Waals surface area (Å²) >= 11 is 0. The van der Waals surface area contributed by atoms with Crippen LogP contribution in [0, 0.1) is 11.3 Å². The van der Waals surface area contributed by atoms with Crippen LogP contribution in [-0.4, -0.2) is 32.5 Å². The number of nitrogens with zero attached hydrogens (tertiary/aromatic N) is 1. The average molecular weight is 330 g/mol. The van der Waals surface area contributed by atoms with E-state index in [2.05, 4.69) is 10.3 Å². The summed E-state index contributed by atoms with van der Waals surface area (Å²) in [6.07, 6.45) is 2.02. The fourth-order valence-electron chi connectivity index (χ4n) is 2.30. The third kappa shape index (κ3) is 6.28. The Balaban J connectivity index is 0. The molecule has 2 amide bonds. The quantitative estimate of drug-likeness (QED) is 0.238. The summed E-state index contributed by atoms with van der Waals surface area (Å²) in [6.45, 7) is 5.62. The maximum atomic E-state index is 11.9. The van der Waals surface area contributed by atoms with Crippen molar-refractivity contribution >= 4 is 26.4 Å². The summed E-state index contributed by atoms with van der Waals surface area (Å²) in [5.74, 6) is -1.20. The van der Waals surface area contributed by atoms with Gasteiger partial charge in [-0.1, -0.05) is 27.2 Å². The Morgan fingerprint density at radius 2 is 1.81 bits per heavy atom. The molecular formula is C11H20N2NaO6P. The summed E-state index contributed by atoms with van der Waals surface area (Å²) in [5, 5.41) is 13.1. The first-order chi connectivity index (χ1) is 9.22. The third-order valence-corrected chi connectivity index (χ3v) is 3.33. The molecule has 0 radical (unpaired) electrons. The van der Waals surface area contributed by atoms with E-state index in [-0.39, 0.29) is 35.5 Å². The Kier molecular flexibility index (Phi) is 11.7. The molecule has 0 aromatic carbocycles. The number of nitrogens with one attached hydrogen (secondary N) is 1. The second kappa shape index (κ2) is 10.6. The molecule has 2 unspecified atom stereocenters. The standard InChI is InChI=1S/C11H18N2O3.Na.H3O3P/c1-4-6-7(3)11(5-2)8(14)12-10(16)13-9(11)15;;1-4(2)3/h7H,4-6H2,1-3H3,(H2,12,13,14,15,16);;1-3H/q;+1;/p-1. The van der Waals surface area contributed by atoms with Gasteiger partial charge in [0.1, 0.15) is 5.41 Å². The number of amidine groups is 1. The molecule has 116 valence electrons. The summed E-state index contributed by atoms with van der Waals surface area (Å²) in [6, 6.07) is -0.845. The normalized spacial score (nSPS) is 22.5. The first-order valence-electron chi connectivity index (χ1n) is 6.20. The number of carbonyl (C=O) groups excluding carboxylic acids is 2. The van der Waals surface area contributed by atoms with Gasteiger partial charge in [0.05, 0.1) is 6.02 Å². The minimum absolute atomic E-state index is 0. The third-order valence-electron chi connectivity index (χ3n) is 3.33. The van der Waals surface area contributed by atoms with Crippen LogP contribution >= 0.6 is 8.60 Å². The molecule has 0 bridgehead atoms. The van der Waals surface area contributed by atoms with Crippen LogP contribution in [0.4, 0.5) is 0 Å². The van der Waals surface area contributed by atoms with Gasteiger partial charge in [0.15, 0.2) is 0 Å². The molecule has 0 saturated heterocycles. The van der Waals surface area contributed by atoms with Crippen molar-refractivity contribution in [1.82, 2.24) is 5.32 Å². The van der Waals surface area contributed by atoms with Gasteiger partial charge >= 0.3 is 38.2 Å². The van der Waals surface area contributed by atoms with Crippen LogP contribution in [0.5, 0.6) is 0 Å². The zero-order chi connectivity index (χ0) is 15.9. The Hall–Kier alpha value is -0.0800. The first-order valence-corrected chi connectivity index (χ1v) is 7.40. The number of hydrogen-bond donors (Lipinski definition) is 4. The van der Waals surface area contributed by atoms with E-state index in [0.29, 0.717) is 6.42 Å². The molecule has 1 heterocycles. The fraction of sp³-hybridized carbons (Fsp3) is 0.727. The molecule has 0 aromatic heterocycles. The van der Waals surface area contributed by atoms with Gasteiger partial charge in [-0.15, -0.1) is 0 Å². The predicted octanol–water partition coefficient (Wildman–Crippen LogP) is -3.61. The topological polar surface area (TPSA) is 142 Å². The van der Waals surface area contributed by atoms with E-state index in [1.165, 1.54) is 0 Å². The molecule has 8 nitrogen and oxygen atoms in total. The zero-order valence-corrected chi connectivity index (χ0v) is 15.6. The summed E-state index contributed by atoms with van der Waals surface area (Å²) in [4.78, 5) is 48.8. The Morgan fingerprint density at radius 1 is 1.33 bits per heavy atom. The summed E-state index contributed by atoms with van der Waals surface area (Å²) in [7, 11) is -2.62. The molecule has 0 aromatic rings. The van der Waals surface area contributed by atoms with Gasteiger partial charge in [0, 0.05) is 0 Å². The minimum atomic E-state index is -2.62. The molecule has 1 rings (SSSR count). The fourth-order valence-corrected chi connectivity index (χ4v) is 2.30. The van der Waals surface area contributed by atoms with Gasteiger partial charge in [0.25, 0.3) is 5.91 Å². The van der Waals surface area contributed by atoms with Gasteiger partial charge in [-0.2, -0.15) is 0 Å². The monoisotopic (exact) mass is 330 g/mol. The van der Waals surface area contributed by atoms with Crippen molar-refractivity contribution in [2.45, 2.75) is 40.0 Å². The van der Waals surface area contributed by atoms with Gasteiger partial charge in [-0.25, -0.2) is 4.99 Å². The van der Waals surface area contributed by atoms with Crippen molar-refractivity contribution in [3.05, 3.63) is 0 Å². The molecule has 1 aliphatic heterocycles. The molecule has 1 aliphatic rings. The van der Waals surface area contributed by atoms with Crippen molar-refractivity contribution in [3.63, 3.8) is 0 Å². The number of aliphatic imine (C=N–C) groups is 1. The molecule has 0 spiro atoms. The summed E-state index contributed by atoms with van der Waals surface area (Å²) in [5.41, 5.74) is -1.15. The van der Waals surface area contributed by atoms with Crippen LogP contribution in [0.2, 0.25) is 0 Å². The Bertz CT molecular complexity index is 390. The first kappa shape index (κ1) is 23.2. The molecule has 21 heavy (non-hydrogen) atoms. The van der Waals surface area contributed by atoms with E-state index in [0.717, 1.165) is 12.8 Å². The van der Waals surface area contributed by atoms with E-state index in [1.54, 1.807) is 6.92 Å². The second-order valence-corrected chi connectivity index (χ2v) is 5.00. The molecule has 0 aliphatic carbocycles. The molecule has 0 saturated carbocycles. The van der Waals surface area contributed by atoms with Crippen LogP contribution in [0.1, 0.15) is 40.0 Å². The van der Waals surface area contributed by atoms with E-state index >= 15 is 0 Å². The molecular weight excluding hydrogens is 310 g/mol. The van der Waals surface area contributed by atoms with E-state index in [4.69, 9.17) is 14.7 Å². The SMILES string of the molecule is CCCC(C)C1(CC)C(=O)N=C([O-])NC1=O.OP(O)O.[Na+]. The number of amides is 2. The van der Waals surface area contributed by atoms with Crippen LogP contribution in [0.15, 0.2) is 4.99 Å². The predicted molar refractivity (Wildman–Crippen MR) is 71.0 cm³/mol. The number of rotatable bonds is 4. The molecule has 2 atom stereocenters. The van der Waals surface area contributed by atoms with Crippen molar-refractivity contribution in [2.75, 3.05) is 0 Å². The second-order valence-electron chi connectivity index (χ2n) is 4.46. The maximum absolute atomic E-state index is 11.9. The van der Waals surface area contributed by atoms with Gasteiger partial charge in [-0.3, -0.25) is 9.59 Å². The van der Waals surface area contributed by atoms with E-state index in [1.807, 2.05) is 13.8 Å². The molecule has 4 N–H and O–H groups in total. The van der Waals surface area contributed by atoms with E-state index < -0.39 is 31.9 Å². The Morgan fingerprint density at radius 3 is 2.14 bits per heavy atom. The minimum Gasteiger partial charge on any atom is -0.846 e. The zero-order valence-electron chi connectivity index (χ0n) is 12.7. The van der Waals surface area contributed by atoms with Crippen LogP contribution in [-0.2, 0) is 9.59 Å². The van der Waals surface area contributed by atoms with Gasteiger partial charge in [0.2, 0.25) is 5.91 Å². The summed E-state index contributed by atoms with van der Waals surface area (Å²) < 4.78 is 0. The average Bonchev–Trinajstić information content (AvgIpc) is 2.28.